The van der Waals surface area contributed by atoms with Gasteiger partial charge in [0.2, 0.25) is 0 Å². The zero-order chi connectivity index (χ0) is 17.5. The van der Waals surface area contributed by atoms with Crippen LogP contribution in [0.4, 0.5) is 0 Å². The molecule has 1 heterocycles. The smallest absolute Gasteiger partial charge is 0.268 e. The fraction of sp³-hybridized carbons (Fsp3) is 0.263. The second-order valence-electron chi connectivity index (χ2n) is 5.63. The van der Waals surface area contributed by atoms with Crippen molar-refractivity contribution in [3.63, 3.8) is 0 Å². The van der Waals surface area contributed by atoms with Gasteiger partial charge in [0.1, 0.15) is 11.5 Å². The molecule has 126 valence electrons. The van der Waals surface area contributed by atoms with Gasteiger partial charge in [-0.05, 0) is 44.0 Å². The van der Waals surface area contributed by atoms with Gasteiger partial charge in [-0.2, -0.15) is 0 Å². The fourth-order valence-corrected chi connectivity index (χ4v) is 2.09. The van der Waals surface area contributed by atoms with Crippen molar-refractivity contribution >= 4 is 17.9 Å². The van der Waals surface area contributed by atoms with Crippen LogP contribution in [0.5, 0.6) is 0 Å². The molecule has 0 aliphatic rings. The molecule has 0 saturated heterocycles. The van der Waals surface area contributed by atoms with Gasteiger partial charge in [0.05, 0.1) is 6.26 Å². The highest BCUT2D eigenvalue weighted by Crippen LogP contribution is 2.10. The molecule has 1 atom stereocenters. The van der Waals surface area contributed by atoms with Crippen LogP contribution in [0.15, 0.2) is 52.8 Å². The number of carbonyl (C=O) groups is 2. The zero-order valence-corrected chi connectivity index (χ0v) is 14.1. The molecule has 0 bridgehead atoms. The van der Waals surface area contributed by atoms with Crippen molar-refractivity contribution in [2.45, 2.75) is 33.2 Å². The Morgan fingerprint density at radius 2 is 1.96 bits per heavy atom. The Morgan fingerprint density at radius 3 is 2.58 bits per heavy atom. The van der Waals surface area contributed by atoms with Crippen LogP contribution in [-0.4, -0.2) is 17.9 Å². The van der Waals surface area contributed by atoms with Gasteiger partial charge in [-0.15, -0.1) is 0 Å². The fourth-order valence-electron chi connectivity index (χ4n) is 2.09. The molecule has 1 unspecified atom stereocenters. The largest absolute Gasteiger partial charge is 0.465 e. The summed E-state index contributed by atoms with van der Waals surface area (Å²) in [5.41, 5.74) is 1.52. The van der Waals surface area contributed by atoms with Crippen molar-refractivity contribution in [2.75, 3.05) is 0 Å². The number of amides is 2. The summed E-state index contributed by atoms with van der Waals surface area (Å²) in [7, 11) is 0. The number of carbonyl (C=O) groups excluding carboxylic acids is 2. The van der Waals surface area contributed by atoms with Crippen LogP contribution < -0.4 is 10.6 Å². The molecule has 2 N–H and O–H groups in total. The number of nitrogens with one attached hydrogen (secondary N) is 2. The van der Waals surface area contributed by atoms with Gasteiger partial charge in [-0.1, -0.05) is 25.1 Å². The number of benzene rings is 1. The Bertz CT molecular complexity index is 733. The third kappa shape index (κ3) is 4.59. The van der Waals surface area contributed by atoms with E-state index in [-0.39, 0.29) is 23.6 Å². The highest BCUT2D eigenvalue weighted by atomic mass is 16.3. The topological polar surface area (TPSA) is 71.3 Å². The van der Waals surface area contributed by atoms with E-state index < -0.39 is 0 Å². The van der Waals surface area contributed by atoms with Gasteiger partial charge in [-0.25, -0.2) is 0 Å². The van der Waals surface area contributed by atoms with Gasteiger partial charge in [0.15, 0.2) is 0 Å². The normalized spacial score (nSPS) is 12.5. The number of hydrogen-bond donors (Lipinski definition) is 2. The zero-order valence-electron chi connectivity index (χ0n) is 14.1. The summed E-state index contributed by atoms with van der Waals surface area (Å²) >= 11 is 0. The molecule has 1 aromatic heterocycles. The van der Waals surface area contributed by atoms with Gasteiger partial charge in [0, 0.05) is 17.7 Å². The second kappa shape index (κ2) is 8.15. The Labute approximate surface area is 141 Å². The lowest BCUT2D eigenvalue weighted by atomic mass is 10.1. The monoisotopic (exact) mass is 326 g/mol. The Morgan fingerprint density at radius 1 is 1.21 bits per heavy atom. The molecular formula is C19H22N2O3. The van der Waals surface area contributed by atoms with Crippen LogP contribution in [0.2, 0.25) is 0 Å². The SMILES string of the molecule is CCC(C)NC(=O)/C(=C/c1ccco1)NC(=O)c1ccccc1C. The van der Waals surface area contributed by atoms with E-state index in [2.05, 4.69) is 10.6 Å². The molecule has 0 fully saturated rings. The second-order valence-corrected chi connectivity index (χ2v) is 5.63. The molecular weight excluding hydrogens is 304 g/mol. The third-order valence-electron chi connectivity index (χ3n) is 3.70. The number of aryl methyl sites for hydroxylation is 1. The minimum atomic E-state index is -0.345. The summed E-state index contributed by atoms with van der Waals surface area (Å²) in [5.74, 6) is -0.178. The maximum Gasteiger partial charge on any atom is 0.268 e. The lowest BCUT2D eigenvalue weighted by Crippen LogP contribution is -2.39. The maximum atomic E-state index is 12.5. The van der Waals surface area contributed by atoms with Gasteiger partial charge >= 0.3 is 0 Å². The lowest BCUT2D eigenvalue weighted by molar-refractivity contribution is -0.118. The first-order valence-corrected chi connectivity index (χ1v) is 7.94. The number of hydrogen-bond acceptors (Lipinski definition) is 3. The maximum absolute atomic E-state index is 12.5. The molecule has 5 heteroatoms. The van der Waals surface area contributed by atoms with E-state index in [1.165, 1.54) is 12.3 Å². The van der Waals surface area contributed by atoms with Gasteiger partial charge in [0.25, 0.3) is 11.8 Å². The molecule has 2 amide bonds. The molecule has 2 aromatic rings. The predicted molar refractivity (Wildman–Crippen MR) is 93.2 cm³/mol. The van der Waals surface area contributed by atoms with E-state index in [1.807, 2.05) is 32.9 Å². The van der Waals surface area contributed by atoms with Crippen LogP contribution in [0.3, 0.4) is 0 Å². The molecule has 0 saturated carbocycles. The van der Waals surface area contributed by atoms with Crippen molar-refractivity contribution in [1.29, 1.82) is 0 Å². The van der Waals surface area contributed by atoms with E-state index in [4.69, 9.17) is 4.42 Å². The van der Waals surface area contributed by atoms with Crippen molar-refractivity contribution in [3.05, 3.63) is 65.2 Å². The van der Waals surface area contributed by atoms with E-state index in [9.17, 15) is 9.59 Å². The molecule has 0 aliphatic carbocycles. The Hall–Kier alpha value is -2.82. The first-order chi connectivity index (χ1) is 11.5. The third-order valence-corrected chi connectivity index (χ3v) is 3.70. The summed E-state index contributed by atoms with van der Waals surface area (Å²) in [6, 6.07) is 10.7. The molecule has 0 spiro atoms. The standard InChI is InChI=1S/C19H22N2O3/c1-4-14(3)20-19(23)17(12-15-9-7-11-24-15)21-18(22)16-10-6-5-8-13(16)2/h5-12,14H,4H2,1-3H3,(H,20,23)(H,21,22)/b17-12-. The van der Waals surface area contributed by atoms with E-state index in [0.29, 0.717) is 11.3 Å². The Kier molecular flexibility index (Phi) is 5.95. The average Bonchev–Trinajstić information content (AvgIpc) is 3.07. The average molecular weight is 326 g/mol. The molecule has 0 radical (unpaired) electrons. The predicted octanol–water partition coefficient (Wildman–Crippen LogP) is 3.27. The van der Waals surface area contributed by atoms with Crippen LogP contribution in [0.1, 0.15) is 41.9 Å². The Balaban J connectivity index is 2.24. The number of furan rings is 1. The lowest BCUT2D eigenvalue weighted by Gasteiger charge is -2.15. The molecule has 5 nitrogen and oxygen atoms in total. The first-order valence-electron chi connectivity index (χ1n) is 7.94. The highest BCUT2D eigenvalue weighted by Gasteiger charge is 2.17. The van der Waals surface area contributed by atoms with E-state index in [0.717, 1.165) is 12.0 Å². The molecule has 1 aromatic carbocycles. The minimum absolute atomic E-state index is 0.00728. The summed E-state index contributed by atoms with van der Waals surface area (Å²) in [5, 5.41) is 5.54. The van der Waals surface area contributed by atoms with Crippen LogP contribution in [-0.2, 0) is 4.79 Å². The van der Waals surface area contributed by atoms with Crippen molar-refractivity contribution in [3.8, 4) is 0 Å². The summed E-state index contributed by atoms with van der Waals surface area (Å²) < 4.78 is 5.25. The van der Waals surface area contributed by atoms with Crippen LogP contribution in [0.25, 0.3) is 6.08 Å². The minimum Gasteiger partial charge on any atom is -0.465 e. The quantitative estimate of drug-likeness (QED) is 0.800. The number of rotatable bonds is 6. The van der Waals surface area contributed by atoms with Crippen LogP contribution >= 0.6 is 0 Å². The highest BCUT2D eigenvalue weighted by molar-refractivity contribution is 6.05. The van der Waals surface area contributed by atoms with Crippen molar-refractivity contribution in [2.24, 2.45) is 0 Å². The summed E-state index contributed by atoms with van der Waals surface area (Å²) in [6.45, 7) is 5.74. The van der Waals surface area contributed by atoms with Gasteiger partial charge in [-0.3, -0.25) is 9.59 Å². The summed E-state index contributed by atoms with van der Waals surface area (Å²) in [6.07, 6.45) is 3.83. The van der Waals surface area contributed by atoms with Crippen LogP contribution in [0, 0.1) is 6.92 Å². The van der Waals surface area contributed by atoms with Crippen molar-refractivity contribution < 1.29 is 14.0 Å². The molecule has 2 rings (SSSR count). The van der Waals surface area contributed by atoms with E-state index >= 15 is 0 Å². The van der Waals surface area contributed by atoms with E-state index in [1.54, 1.807) is 24.3 Å². The summed E-state index contributed by atoms with van der Waals surface area (Å²) in [4.78, 5) is 25.0. The van der Waals surface area contributed by atoms with Crippen molar-refractivity contribution in [1.82, 2.24) is 10.6 Å². The molecule has 0 aliphatic heterocycles. The van der Waals surface area contributed by atoms with Gasteiger partial charge < -0.3 is 15.1 Å². The molecule has 24 heavy (non-hydrogen) atoms. The first kappa shape index (κ1) is 17.5.